The van der Waals surface area contributed by atoms with Gasteiger partial charge in [-0.25, -0.2) is 8.78 Å². The number of rotatable bonds is 0. The molecule has 8 heteroatoms. The van der Waals surface area contributed by atoms with Gasteiger partial charge in [0.25, 0.3) is 0 Å². The fourth-order valence-electron chi connectivity index (χ4n) is 1.63. The van der Waals surface area contributed by atoms with Gasteiger partial charge in [-0.15, -0.1) is 0 Å². The Balaban J connectivity index is 3.46. The van der Waals surface area contributed by atoms with E-state index in [4.69, 9.17) is 0 Å². The van der Waals surface area contributed by atoms with Crippen LogP contribution in [0.25, 0.3) is 0 Å². The fourth-order valence-corrected chi connectivity index (χ4v) is 1.63. The minimum Gasteiger partial charge on any atom is -0.208 e. The van der Waals surface area contributed by atoms with E-state index in [2.05, 4.69) is 0 Å². The first-order chi connectivity index (χ1) is 6.82. The van der Waals surface area contributed by atoms with Gasteiger partial charge in [0, 0.05) is 0 Å². The molecule has 2 unspecified atom stereocenters. The Morgan fingerprint density at radius 2 is 0.875 bits per heavy atom. The van der Waals surface area contributed by atoms with Crippen molar-refractivity contribution < 1.29 is 35.1 Å². The van der Waals surface area contributed by atoms with Gasteiger partial charge in [0.1, 0.15) is 22.5 Å². The van der Waals surface area contributed by atoms with Crippen LogP contribution in [0.2, 0.25) is 0 Å². The van der Waals surface area contributed by atoms with Gasteiger partial charge in [-0.2, -0.15) is 26.3 Å². The molecule has 16 heavy (non-hydrogen) atoms. The van der Waals surface area contributed by atoms with Crippen molar-refractivity contribution in [1.29, 1.82) is 0 Å². The molecule has 0 amide bonds. The summed E-state index contributed by atoms with van der Waals surface area (Å²) >= 11 is 0. The van der Waals surface area contributed by atoms with Crippen molar-refractivity contribution in [3.63, 3.8) is 0 Å². The van der Waals surface area contributed by atoms with Crippen LogP contribution in [-0.4, -0.2) is 12.4 Å². The van der Waals surface area contributed by atoms with Crippen molar-refractivity contribution in [2.24, 2.45) is 10.8 Å². The molecule has 2 atom stereocenters. The number of alkyl halides is 6. The highest BCUT2D eigenvalue weighted by Gasteiger charge is 2.82. The molecule has 0 saturated heterocycles. The molecule has 0 N–H and O–H groups in total. The molecule has 0 saturated carbocycles. The Hall–Kier alpha value is -0.820. The van der Waals surface area contributed by atoms with Crippen LogP contribution in [0.15, 0.2) is 11.7 Å². The summed E-state index contributed by atoms with van der Waals surface area (Å²) in [6.07, 6.45) is -11.0. The number of allylic oxidation sites excluding steroid dienone is 2. The van der Waals surface area contributed by atoms with E-state index in [9.17, 15) is 35.1 Å². The molecule has 0 radical (unpaired) electrons. The van der Waals surface area contributed by atoms with Crippen LogP contribution in [0.1, 0.15) is 13.8 Å². The highest BCUT2D eigenvalue weighted by Crippen LogP contribution is 2.72. The lowest BCUT2D eigenvalue weighted by atomic mass is 9.54. The summed E-state index contributed by atoms with van der Waals surface area (Å²) in [6, 6.07) is 0. The zero-order chi connectivity index (χ0) is 13.2. The summed E-state index contributed by atoms with van der Waals surface area (Å²) in [5, 5.41) is 0. The second-order valence-corrected chi connectivity index (χ2v) is 3.87. The van der Waals surface area contributed by atoms with E-state index in [0.29, 0.717) is 0 Å². The van der Waals surface area contributed by atoms with Crippen molar-refractivity contribution in [2.75, 3.05) is 0 Å². The Morgan fingerprint density at radius 1 is 0.688 bits per heavy atom. The average molecular weight is 254 g/mol. The normalized spacial score (nSPS) is 36.4. The summed E-state index contributed by atoms with van der Waals surface area (Å²) in [4.78, 5) is 0. The van der Waals surface area contributed by atoms with E-state index in [1.807, 2.05) is 0 Å². The van der Waals surface area contributed by atoms with Crippen molar-refractivity contribution in [3.05, 3.63) is 11.7 Å². The molecule has 1 aliphatic carbocycles. The van der Waals surface area contributed by atoms with Crippen LogP contribution in [0.5, 0.6) is 0 Å². The van der Waals surface area contributed by atoms with E-state index >= 15 is 0 Å². The molecule has 94 valence electrons. The Kier molecular flexibility index (Phi) is 2.39. The van der Waals surface area contributed by atoms with Gasteiger partial charge < -0.3 is 0 Å². The molecule has 0 spiro atoms. The topological polar surface area (TPSA) is 0 Å². The van der Waals surface area contributed by atoms with Crippen LogP contribution < -0.4 is 0 Å². The first-order valence-electron chi connectivity index (χ1n) is 4.01. The minimum atomic E-state index is -5.52. The van der Waals surface area contributed by atoms with Crippen LogP contribution in [0, 0.1) is 10.8 Å². The van der Waals surface area contributed by atoms with E-state index in [-0.39, 0.29) is 13.8 Å². The molecule has 0 fully saturated rings. The Labute approximate surface area is 84.9 Å². The second-order valence-electron chi connectivity index (χ2n) is 3.87. The average Bonchev–Trinajstić information content (AvgIpc) is 2.09. The van der Waals surface area contributed by atoms with Crippen molar-refractivity contribution in [2.45, 2.75) is 26.2 Å². The Bertz CT molecular complexity index is 314. The highest BCUT2D eigenvalue weighted by atomic mass is 19.4. The maximum absolute atomic E-state index is 12.8. The lowest BCUT2D eigenvalue weighted by molar-refractivity contribution is -0.335. The highest BCUT2D eigenvalue weighted by molar-refractivity contribution is 5.38. The molecule has 1 rings (SSSR count). The number of hydrogen-bond donors (Lipinski definition) is 0. The van der Waals surface area contributed by atoms with E-state index in [1.54, 1.807) is 0 Å². The van der Waals surface area contributed by atoms with Crippen molar-refractivity contribution in [3.8, 4) is 0 Å². The van der Waals surface area contributed by atoms with Crippen LogP contribution in [-0.2, 0) is 0 Å². The lowest BCUT2D eigenvalue weighted by Gasteiger charge is -2.52. The van der Waals surface area contributed by atoms with E-state index in [1.165, 1.54) is 0 Å². The zero-order valence-electron chi connectivity index (χ0n) is 8.02. The van der Waals surface area contributed by atoms with Gasteiger partial charge in [0.15, 0.2) is 0 Å². The largest absolute Gasteiger partial charge is 0.401 e. The lowest BCUT2D eigenvalue weighted by Crippen LogP contribution is -2.63. The zero-order valence-corrected chi connectivity index (χ0v) is 8.02. The quantitative estimate of drug-likeness (QED) is 0.566. The SMILES string of the molecule is CC1(C(F)(F)F)C(F)=C(F)C1(C)C(F)(F)F. The smallest absolute Gasteiger partial charge is 0.208 e. The third-order valence-corrected chi connectivity index (χ3v) is 3.20. The molecule has 0 aromatic rings. The molecular weight excluding hydrogens is 248 g/mol. The molecule has 0 heterocycles. The molecule has 1 aliphatic rings. The van der Waals surface area contributed by atoms with Gasteiger partial charge >= 0.3 is 12.4 Å². The third kappa shape index (κ3) is 1.10. The molecule has 0 nitrogen and oxygen atoms in total. The maximum atomic E-state index is 12.8. The van der Waals surface area contributed by atoms with Crippen LogP contribution >= 0.6 is 0 Å². The minimum absolute atomic E-state index is 0.00109. The van der Waals surface area contributed by atoms with Gasteiger partial charge in [-0.3, -0.25) is 0 Å². The standard InChI is InChI=1S/C8H6F8/c1-5(7(11,12)13)3(9)4(10)6(5,2)8(14,15)16/h1-2H3. The van der Waals surface area contributed by atoms with Crippen LogP contribution in [0.3, 0.4) is 0 Å². The summed E-state index contributed by atoms with van der Waals surface area (Å²) in [6.45, 7) is -0.00218. The van der Waals surface area contributed by atoms with Crippen LogP contribution in [0.4, 0.5) is 35.1 Å². The van der Waals surface area contributed by atoms with E-state index < -0.39 is 34.8 Å². The third-order valence-electron chi connectivity index (χ3n) is 3.20. The van der Waals surface area contributed by atoms with Crippen molar-refractivity contribution >= 4 is 0 Å². The fraction of sp³-hybridized carbons (Fsp3) is 0.750. The Morgan fingerprint density at radius 3 is 1.00 bits per heavy atom. The molecule has 0 aliphatic heterocycles. The predicted octanol–water partition coefficient (Wildman–Crippen LogP) is 4.29. The molecule has 0 bridgehead atoms. The maximum Gasteiger partial charge on any atom is 0.401 e. The van der Waals surface area contributed by atoms with E-state index in [0.717, 1.165) is 0 Å². The first-order valence-corrected chi connectivity index (χ1v) is 4.01. The van der Waals surface area contributed by atoms with Gasteiger partial charge in [-0.05, 0) is 13.8 Å². The predicted molar refractivity (Wildman–Crippen MR) is 37.6 cm³/mol. The summed E-state index contributed by atoms with van der Waals surface area (Å²) in [5.41, 5.74) is -7.72. The molecule has 0 aromatic heterocycles. The molecular formula is C8H6F8. The summed E-state index contributed by atoms with van der Waals surface area (Å²) in [7, 11) is 0. The van der Waals surface area contributed by atoms with Crippen molar-refractivity contribution in [1.82, 2.24) is 0 Å². The van der Waals surface area contributed by atoms with Gasteiger partial charge in [0.2, 0.25) is 0 Å². The molecule has 0 aromatic carbocycles. The summed E-state index contributed by atoms with van der Waals surface area (Å²) in [5.74, 6) is -4.81. The summed E-state index contributed by atoms with van der Waals surface area (Å²) < 4.78 is 99.9. The number of hydrogen-bond acceptors (Lipinski definition) is 0. The van der Waals surface area contributed by atoms with Gasteiger partial charge in [0.05, 0.1) is 0 Å². The monoisotopic (exact) mass is 254 g/mol. The second kappa shape index (κ2) is 2.89. The number of halogens is 8. The van der Waals surface area contributed by atoms with Gasteiger partial charge in [-0.1, -0.05) is 0 Å². The first kappa shape index (κ1) is 13.2.